The molecule has 0 radical (unpaired) electrons. The van der Waals surface area contributed by atoms with Gasteiger partial charge in [0.25, 0.3) is 17.7 Å². The number of benzene rings is 2. The molecule has 0 spiro atoms. The van der Waals surface area contributed by atoms with Crippen LogP contribution in [0.4, 0.5) is 5.69 Å². The Balaban J connectivity index is 1.76. The van der Waals surface area contributed by atoms with E-state index in [2.05, 4.69) is 0 Å². The van der Waals surface area contributed by atoms with Crippen LogP contribution in [0.3, 0.4) is 0 Å². The van der Waals surface area contributed by atoms with Crippen molar-refractivity contribution in [3.63, 3.8) is 0 Å². The van der Waals surface area contributed by atoms with E-state index in [0.717, 1.165) is 4.90 Å². The van der Waals surface area contributed by atoms with Crippen LogP contribution < -0.4 is 9.64 Å². The molecule has 0 saturated heterocycles. The maximum Gasteiger partial charge on any atom is 0.330 e. The van der Waals surface area contributed by atoms with Crippen LogP contribution in [-0.2, 0) is 14.3 Å². The molecular weight excluding hydrogens is 462 g/mol. The van der Waals surface area contributed by atoms with E-state index in [1.807, 2.05) is 19.9 Å². The molecule has 2 aromatic rings. The number of carbonyl (C=O) groups is 4. The highest BCUT2D eigenvalue weighted by Gasteiger charge is 2.45. The first-order chi connectivity index (χ1) is 17.3. The van der Waals surface area contributed by atoms with E-state index >= 15 is 0 Å². The zero-order valence-corrected chi connectivity index (χ0v) is 20.6. The maximum atomic E-state index is 13.2. The van der Waals surface area contributed by atoms with E-state index in [9.17, 15) is 19.2 Å². The Bertz CT molecular complexity index is 1140. The zero-order chi connectivity index (χ0) is 26.2. The van der Waals surface area contributed by atoms with Gasteiger partial charge in [0.15, 0.2) is 6.61 Å². The van der Waals surface area contributed by atoms with Crippen molar-refractivity contribution in [2.45, 2.75) is 39.7 Å². The summed E-state index contributed by atoms with van der Waals surface area (Å²) in [4.78, 5) is 54.4. The largest absolute Gasteiger partial charge is 0.494 e. The van der Waals surface area contributed by atoms with E-state index < -0.39 is 42.3 Å². The molecule has 0 fully saturated rings. The first-order valence-electron chi connectivity index (χ1n) is 11.9. The van der Waals surface area contributed by atoms with Gasteiger partial charge in [-0.25, -0.2) is 4.79 Å². The second-order valence-corrected chi connectivity index (χ2v) is 8.34. The number of amides is 3. The number of esters is 1. The van der Waals surface area contributed by atoms with Gasteiger partial charge in [-0.1, -0.05) is 32.4 Å². The topological polar surface area (TPSA) is 117 Å². The fourth-order valence-electron chi connectivity index (χ4n) is 4.02. The summed E-state index contributed by atoms with van der Waals surface area (Å²) in [5.74, 6) is -2.25. The number of rotatable bonds is 11. The summed E-state index contributed by atoms with van der Waals surface area (Å²) in [7, 11) is 0. The minimum Gasteiger partial charge on any atom is -0.494 e. The summed E-state index contributed by atoms with van der Waals surface area (Å²) in [6.07, 6.45) is 0.582. The Morgan fingerprint density at radius 1 is 1.03 bits per heavy atom. The zero-order valence-electron chi connectivity index (χ0n) is 20.6. The summed E-state index contributed by atoms with van der Waals surface area (Å²) >= 11 is 0. The van der Waals surface area contributed by atoms with Gasteiger partial charge in [-0.3, -0.25) is 19.3 Å². The summed E-state index contributed by atoms with van der Waals surface area (Å²) in [6.45, 7) is 5.44. The van der Waals surface area contributed by atoms with Crippen LogP contribution in [0.5, 0.6) is 5.75 Å². The predicted molar refractivity (Wildman–Crippen MR) is 131 cm³/mol. The van der Waals surface area contributed by atoms with Gasteiger partial charge in [0.05, 0.1) is 30.2 Å². The second-order valence-electron chi connectivity index (χ2n) is 8.34. The Kier molecular flexibility index (Phi) is 8.79. The van der Waals surface area contributed by atoms with Crippen LogP contribution >= 0.6 is 0 Å². The third-order valence-electron chi connectivity index (χ3n) is 6.07. The molecule has 0 saturated carbocycles. The molecule has 1 aliphatic heterocycles. The highest BCUT2D eigenvalue weighted by atomic mass is 16.5. The predicted octanol–water partition coefficient (Wildman–Crippen LogP) is 3.59. The highest BCUT2D eigenvalue weighted by molar-refractivity contribution is 6.22. The number of carbonyl (C=O) groups excluding carboxylic acids is 4. The molecule has 9 heteroatoms. The first kappa shape index (κ1) is 26.4. The molecule has 1 heterocycles. The van der Waals surface area contributed by atoms with Crippen LogP contribution in [0.1, 0.15) is 54.3 Å². The fraction of sp³-hybridized carbons (Fsp3) is 0.370. The van der Waals surface area contributed by atoms with Crippen LogP contribution in [0.25, 0.3) is 0 Å². The highest BCUT2D eigenvalue weighted by Crippen LogP contribution is 2.29. The summed E-state index contributed by atoms with van der Waals surface area (Å²) in [5, 5.41) is 9.02. The lowest BCUT2D eigenvalue weighted by atomic mass is 9.97. The van der Waals surface area contributed by atoms with E-state index in [1.165, 1.54) is 4.90 Å². The smallest absolute Gasteiger partial charge is 0.330 e. The third-order valence-corrected chi connectivity index (χ3v) is 6.07. The molecule has 0 bridgehead atoms. The van der Waals surface area contributed by atoms with Gasteiger partial charge in [0, 0.05) is 12.2 Å². The van der Waals surface area contributed by atoms with Crippen molar-refractivity contribution in [3.8, 4) is 11.8 Å². The lowest BCUT2D eigenvalue weighted by Crippen LogP contribution is -2.50. The summed E-state index contributed by atoms with van der Waals surface area (Å²) in [5.41, 5.74) is 0.990. The van der Waals surface area contributed by atoms with Gasteiger partial charge >= 0.3 is 5.97 Å². The van der Waals surface area contributed by atoms with E-state index in [0.29, 0.717) is 24.5 Å². The van der Waals surface area contributed by atoms with Gasteiger partial charge in [-0.15, -0.1) is 0 Å². The monoisotopic (exact) mass is 491 g/mol. The average Bonchev–Trinajstić information content (AvgIpc) is 3.14. The van der Waals surface area contributed by atoms with Crippen LogP contribution in [0.15, 0.2) is 48.5 Å². The normalized spacial score (nSPS) is 14.0. The Morgan fingerprint density at radius 2 is 1.64 bits per heavy atom. The molecule has 1 aliphatic rings. The van der Waals surface area contributed by atoms with Crippen molar-refractivity contribution >= 4 is 29.4 Å². The van der Waals surface area contributed by atoms with Crippen LogP contribution in [-0.4, -0.2) is 54.4 Å². The lowest BCUT2D eigenvalue weighted by Gasteiger charge is -2.29. The van der Waals surface area contributed by atoms with Crippen LogP contribution in [0.2, 0.25) is 0 Å². The lowest BCUT2D eigenvalue weighted by molar-refractivity contribution is -0.153. The maximum absolute atomic E-state index is 13.2. The van der Waals surface area contributed by atoms with Gasteiger partial charge in [0.1, 0.15) is 11.8 Å². The Morgan fingerprint density at radius 3 is 2.17 bits per heavy atom. The van der Waals surface area contributed by atoms with E-state index in [-0.39, 0.29) is 24.1 Å². The molecule has 2 atom stereocenters. The number of anilines is 1. The van der Waals surface area contributed by atoms with Gasteiger partial charge in [-0.05, 0) is 49.2 Å². The van der Waals surface area contributed by atoms with Gasteiger partial charge in [-0.2, -0.15) is 5.26 Å². The molecule has 0 aromatic heterocycles. The van der Waals surface area contributed by atoms with Gasteiger partial charge < -0.3 is 14.4 Å². The number of nitriles is 1. The molecule has 0 aliphatic carbocycles. The van der Waals surface area contributed by atoms with Crippen molar-refractivity contribution in [2.24, 2.45) is 5.92 Å². The summed E-state index contributed by atoms with van der Waals surface area (Å²) in [6, 6.07) is 14.0. The molecule has 9 nitrogen and oxygen atoms in total. The van der Waals surface area contributed by atoms with Crippen molar-refractivity contribution in [3.05, 3.63) is 59.7 Å². The molecule has 188 valence electrons. The summed E-state index contributed by atoms with van der Waals surface area (Å²) < 4.78 is 10.8. The van der Waals surface area contributed by atoms with E-state index in [4.69, 9.17) is 14.7 Å². The number of nitrogens with zero attached hydrogens (tertiary/aromatic N) is 3. The minimum atomic E-state index is -1.17. The number of hydrogen-bond donors (Lipinski definition) is 0. The number of hydrogen-bond acceptors (Lipinski definition) is 7. The van der Waals surface area contributed by atoms with Crippen molar-refractivity contribution in [2.75, 3.05) is 24.7 Å². The van der Waals surface area contributed by atoms with Crippen molar-refractivity contribution in [1.82, 2.24) is 4.90 Å². The van der Waals surface area contributed by atoms with Crippen molar-refractivity contribution in [1.29, 1.82) is 5.26 Å². The number of imide groups is 1. The van der Waals surface area contributed by atoms with E-state index in [1.54, 1.807) is 55.5 Å². The molecule has 0 N–H and O–H groups in total. The molecule has 3 rings (SSSR count). The first-order valence-corrected chi connectivity index (χ1v) is 11.9. The van der Waals surface area contributed by atoms with Crippen LogP contribution in [0, 0.1) is 17.2 Å². The van der Waals surface area contributed by atoms with Gasteiger partial charge in [0.2, 0.25) is 0 Å². The molecular formula is C27H29N3O6. The molecule has 36 heavy (non-hydrogen) atoms. The SMILES string of the molecule is CCOc1ccc(N(CCC#N)C(=O)COC(=O)C(C(C)CC)N2C(=O)c3ccccc3C2=O)cc1. The second kappa shape index (κ2) is 12.0. The number of fused-ring (bicyclic) bond motifs is 1. The third kappa shape index (κ3) is 5.54. The molecule has 2 unspecified atom stereocenters. The Hall–Kier alpha value is -4.19. The quantitative estimate of drug-likeness (QED) is 0.348. The fourth-order valence-corrected chi connectivity index (χ4v) is 4.02. The molecule has 3 amide bonds. The minimum absolute atomic E-state index is 0.0808. The van der Waals surface area contributed by atoms with Crippen molar-refractivity contribution < 1.29 is 28.7 Å². The Labute approximate surface area is 210 Å². The standard InChI is InChI=1S/C27H29N3O6/c1-4-18(3)24(30-25(32)21-9-6-7-10-22(21)26(30)33)27(34)36-17-23(31)29(16-8-15-28)19-11-13-20(14-12-19)35-5-2/h6-7,9-14,18,24H,4-5,8,16-17H2,1-3H3. The molecule has 2 aromatic carbocycles. The number of ether oxygens (including phenoxy) is 2. The average molecular weight is 492 g/mol.